The molecule has 1 amide bonds. The summed E-state index contributed by atoms with van der Waals surface area (Å²) < 4.78 is 11.0. The Labute approximate surface area is 150 Å². The molecule has 2 aliphatic rings. The first kappa shape index (κ1) is 16.5. The number of rotatable bonds is 2. The van der Waals surface area contributed by atoms with Crippen LogP contribution in [-0.2, 0) is 9.53 Å². The number of ketones is 1. The fraction of sp³-hybridized carbons (Fsp3) is 0.500. The van der Waals surface area contributed by atoms with Crippen LogP contribution in [0.2, 0.25) is 0 Å². The largest absolute Gasteiger partial charge is 0.429 e. The van der Waals surface area contributed by atoms with E-state index < -0.39 is 0 Å². The number of morpholine rings is 1. The zero-order chi connectivity index (χ0) is 17.4. The van der Waals surface area contributed by atoms with Crippen LogP contribution < -0.4 is 0 Å². The standard InChI is InChI=1S/C18H20N2O4S/c21-15-4-2-1-3-12(15)14-10-23-8-7-20(14)17(22)11-5-6-13-16(9-11)24-18(25)19-13/h5-6,9,12,14H,1-4,7-8,10H2,(H,19,25)/t12-,14-/m0/s1. The number of aromatic nitrogens is 1. The quantitative estimate of drug-likeness (QED) is 0.833. The van der Waals surface area contributed by atoms with E-state index >= 15 is 0 Å². The van der Waals surface area contributed by atoms with Crippen molar-refractivity contribution in [2.75, 3.05) is 19.8 Å². The average Bonchev–Trinajstić information content (AvgIpc) is 3.00. The summed E-state index contributed by atoms with van der Waals surface area (Å²) in [5.41, 5.74) is 1.87. The van der Waals surface area contributed by atoms with Crippen molar-refractivity contribution >= 4 is 35.0 Å². The maximum absolute atomic E-state index is 13.1. The lowest BCUT2D eigenvalue weighted by atomic mass is 9.82. The van der Waals surface area contributed by atoms with Gasteiger partial charge in [-0.15, -0.1) is 0 Å². The number of aromatic amines is 1. The second-order valence-electron chi connectivity index (χ2n) is 6.68. The van der Waals surface area contributed by atoms with Gasteiger partial charge in [-0.3, -0.25) is 9.59 Å². The minimum Gasteiger partial charge on any atom is -0.429 e. The van der Waals surface area contributed by atoms with Gasteiger partial charge in [0, 0.05) is 24.4 Å². The first-order valence-electron chi connectivity index (χ1n) is 8.68. The SMILES string of the molecule is O=C1CCCC[C@H]1[C@@H]1COCCN1C(=O)c1ccc2[nH]c(=S)oc2c1. The molecule has 1 N–H and O–H groups in total. The number of benzene rings is 1. The number of hydrogen-bond donors (Lipinski definition) is 1. The lowest BCUT2D eigenvalue weighted by molar-refractivity contribution is -0.129. The van der Waals surface area contributed by atoms with Gasteiger partial charge in [0.1, 0.15) is 5.78 Å². The van der Waals surface area contributed by atoms with E-state index in [2.05, 4.69) is 4.98 Å². The van der Waals surface area contributed by atoms with Gasteiger partial charge in [0.15, 0.2) is 5.58 Å². The minimum atomic E-state index is -0.178. The Kier molecular flexibility index (Phi) is 4.43. The highest BCUT2D eigenvalue weighted by Crippen LogP contribution is 2.29. The fourth-order valence-electron chi connectivity index (χ4n) is 3.87. The molecule has 0 unspecified atom stereocenters. The number of fused-ring (bicyclic) bond motifs is 1. The number of oxazole rings is 1. The van der Waals surface area contributed by atoms with Crippen LogP contribution in [0.5, 0.6) is 0 Å². The summed E-state index contributed by atoms with van der Waals surface area (Å²) in [4.78, 5) is 30.5. The molecule has 0 radical (unpaired) electrons. The molecule has 1 aromatic heterocycles. The molecule has 2 heterocycles. The number of carbonyl (C=O) groups is 2. The molecule has 25 heavy (non-hydrogen) atoms. The smallest absolute Gasteiger partial charge is 0.266 e. The van der Waals surface area contributed by atoms with E-state index in [4.69, 9.17) is 21.4 Å². The first-order chi connectivity index (χ1) is 12.1. The van der Waals surface area contributed by atoms with Crippen LogP contribution in [0, 0.1) is 10.8 Å². The molecule has 7 heteroatoms. The molecule has 4 rings (SSSR count). The van der Waals surface area contributed by atoms with E-state index in [9.17, 15) is 9.59 Å². The molecule has 132 valence electrons. The van der Waals surface area contributed by atoms with Gasteiger partial charge in [-0.1, -0.05) is 6.42 Å². The van der Waals surface area contributed by atoms with E-state index in [1.165, 1.54) is 0 Å². The monoisotopic (exact) mass is 360 g/mol. The highest BCUT2D eigenvalue weighted by Gasteiger charge is 2.38. The summed E-state index contributed by atoms with van der Waals surface area (Å²) in [6.07, 6.45) is 3.43. The maximum atomic E-state index is 13.1. The molecular weight excluding hydrogens is 340 g/mol. The molecule has 2 fully saturated rings. The molecule has 0 bridgehead atoms. The van der Waals surface area contributed by atoms with Gasteiger partial charge in [-0.25, -0.2) is 0 Å². The summed E-state index contributed by atoms with van der Waals surface area (Å²) >= 11 is 4.99. The number of nitrogens with one attached hydrogen (secondary N) is 1. The van der Waals surface area contributed by atoms with Crippen molar-refractivity contribution in [1.82, 2.24) is 9.88 Å². The Bertz CT molecular complexity index is 871. The highest BCUT2D eigenvalue weighted by atomic mass is 32.1. The van der Waals surface area contributed by atoms with E-state index in [1.807, 2.05) is 0 Å². The van der Waals surface area contributed by atoms with Crippen LogP contribution in [0.25, 0.3) is 11.1 Å². The van der Waals surface area contributed by atoms with Crippen molar-refractivity contribution in [2.45, 2.75) is 31.7 Å². The molecular formula is C18H20N2O4S. The Morgan fingerprint density at radius 3 is 3.04 bits per heavy atom. The second-order valence-corrected chi connectivity index (χ2v) is 7.06. The van der Waals surface area contributed by atoms with Gasteiger partial charge < -0.3 is 19.0 Å². The second kappa shape index (κ2) is 6.72. The summed E-state index contributed by atoms with van der Waals surface area (Å²) in [6.45, 7) is 1.42. The number of H-pyrrole nitrogens is 1. The van der Waals surface area contributed by atoms with E-state index in [0.717, 1.165) is 24.8 Å². The van der Waals surface area contributed by atoms with Crippen LogP contribution in [0.3, 0.4) is 0 Å². The van der Waals surface area contributed by atoms with Crippen molar-refractivity contribution < 1.29 is 18.7 Å². The Morgan fingerprint density at radius 1 is 1.32 bits per heavy atom. The highest BCUT2D eigenvalue weighted by molar-refractivity contribution is 7.71. The minimum absolute atomic E-state index is 0.0871. The molecule has 1 aliphatic carbocycles. The average molecular weight is 360 g/mol. The third kappa shape index (κ3) is 3.14. The number of nitrogens with zero attached hydrogens (tertiary/aromatic N) is 1. The number of carbonyl (C=O) groups excluding carboxylic acids is 2. The number of Topliss-reactive ketones (excluding diaryl/α,β-unsaturated/α-hetero) is 1. The normalized spacial score (nSPS) is 24.6. The van der Waals surface area contributed by atoms with E-state index in [-0.39, 0.29) is 28.5 Å². The molecule has 0 spiro atoms. The number of hydrogen-bond acceptors (Lipinski definition) is 5. The van der Waals surface area contributed by atoms with Crippen molar-refractivity contribution in [3.63, 3.8) is 0 Å². The third-order valence-corrected chi connectivity index (χ3v) is 5.35. The molecule has 2 atom stereocenters. The zero-order valence-corrected chi connectivity index (χ0v) is 14.6. The van der Waals surface area contributed by atoms with Crippen LogP contribution in [0.4, 0.5) is 0 Å². The molecule has 1 saturated heterocycles. The van der Waals surface area contributed by atoms with Gasteiger partial charge in [0.05, 0.1) is 24.8 Å². The first-order valence-corrected chi connectivity index (χ1v) is 9.08. The molecule has 1 aromatic carbocycles. The molecule has 2 aromatic rings. The van der Waals surface area contributed by atoms with E-state index in [1.54, 1.807) is 23.1 Å². The topological polar surface area (TPSA) is 75.5 Å². The molecule has 1 saturated carbocycles. The van der Waals surface area contributed by atoms with Gasteiger partial charge in [0.2, 0.25) is 0 Å². The summed E-state index contributed by atoms with van der Waals surface area (Å²) in [5.74, 6) is 0.0557. The van der Waals surface area contributed by atoms with Gasteiger partial charge >= 0.3 is 0 Å². The van der Waals surface area contributed by atoms with Crippen molar-refractivity contribution in [2.24, 2.45) is 5.92 Å². The van der Waals surface area contributed by atoms with Gasteiger partial charge in [-0.05, 0) is 43.3 Å². The van der Waals surface area contributed by atoms with Crippen LogP contribution in [0.1, 0.15) is 36.0 Å². The number of ether oxygens (including phenoxy) is 1. The Balaban J connectivity index is 1.63. The summed E-state index contributed by atoms with van der Waals surface area (Å²) in [7, 11) is 0. The Morgan fingerprint density at radius 2 is 2.20 bits per heavy atom. The number of amides is 1. The van der Waals surface area contributed by atoms with Crippen LogP contribution >= 0.6 is 12.2 Å². The molecule has 6 nitrogen and oxygen atoms in total. The van der Waals surface area contributed by atoms with E-state index in [0.29, 0.717) is 37.3 Å². The Hall–Kier alpha value is -1.99. The van der Waals surface area contributed by atoms with Gasteiger partial charge in [-0.2, -0.15) is 0 Å². The lowest BCUT2D eigenvalue weighted by Gasteiger charge is -2.40. The predicted molar refractivity (Wildman–Crippen MR) is 94.0 cm³/mol. The fourth-order valence-corrected chi connectivity index (χ4v) is 4.07. The van der Waals surface area contributed by atoms with Gasteiger partial charge in [0.25, 0.3) is 10.7 Å². The van der Waals surface area contributed by atoms with Crippen molar-refractivity contribution in [1.29, 1.82) is 0 Å². The zero-order valence-electron chi connectivity index (χ0n) is 13.8. The summed E-state index contributed by atoms with van der Waals surface area (Å²) in [5, 5.41) is 0. The third-order valence-electron chi connectivity index (χ3n) is 5.16. The maximum Gasteiger partial charge on any atom is 0.266 e. The lowest BCUT2D eigenvalue weighted by Crippen LogP contribution is -2.54. The van der Waals surface area contributed by atoms with Crippen molar-refractivity contribution in [3.8, 4) is 0 Å². The van der Waals surface area contributed by atoms with Crippen LogP contribution in [0.15, 0.2) is 22.6 Å². The summed E-state index contributed by atoms with van der Waals surface area (Å²) in [6, 6.07) is 5.09. The van der Waals surface area contributed by atoms with Crippen molar-refractivity contribution in [3.05, 3.63) is 28.6 Å². The predicted octanol–water partition coefficient (Wildman–Crippen LogP) is 3.09. The molecule has 1 aliphatic heterocycles. The van der Waals surface area contributed by atoms with Crippen LogP contribution in [-0.4, -0.2) is 47.4 Å².